The average Bonchev–Trinajstić information content (AvgIpc) is 2.22. The first-order valence-corrected chi connectivity index (χ1v) is 5.78. The van der Waals surface area contributed by atoms with E-state index < -0.39 is 6.04 Å². The number of carbonyl (C=O) groups is 3. The maximum absolute atomic E-state index is 11.4. The molecule has 0 radical (unpaired) electrons. The highest BCUT2D eigenvalue weighted by Crippen LogP contribution is 2.06. The van der Waals surface area contributed by atoms with Crippen LogP contribution in [0.15, 0.2) is 0 Å². The topological polar surface area (TPSA) is 84.5 Å². The van der Waals surface area contributed by atoms with Crippen molar-refractivity contribution in [2.24, 2.45) is 0 Å². The number of nitrogens with one attached hydrogen (secondary N) is 2. The Balaban J connectivity index is 2.35. The van der Waals surface area contributed by atoms with Crippen LogP contribution < -0.4 is 10.6 Å². The second-order valence-corrected chi connectivity index (χ2v) is 4.08. The third-order valence-electron chi connectivity index (χ3n) is 2.50. The van der Waals surface area contributed by atoms with Crippen LogP contribution >= 0.6 is 0 Å². The van der Waals surface area contributed by atoms with Gasteiger partial charge in [-0.2, -0.15) is 0 Å². The summed E-state index contributed by atoms with van der Waals surface area (Å²) in [5.41, 5.74) is 0. The Hall–Kier alpha value is -1.43. The van der Waals surface area contributed by atoms with Gasteiger partial charge in [0, 0.05) is 12.5 Å². The van der Waals surface area contributed by atoms with Crippen molar-refractivity contribution in [2.45, 2.75) is 45.2 Å². The molecule has 0 aromatic carbocycles. The van der Waals surface area contributed by atoms with Crippen molar-refractivity contribution in [1.82, 2.24) is 10.6 Å². The zero-order chi connectivity index (χ0) is 12.8. The number of piperidine rings is 1. The summed E-state index contributed by atoms with van der Waals surface area (Å²) in [6, 6.07) is -0.560. The lowest BCUT2D eigenvalue weighted by Gasteiger charge is -2.25. The number of imide groups is 1. The summed E-state index contributed by atoms with van der Waals surface area (Å²) in [5.74, 6) is -0.858. The Morgan fingerprint density at radius 1 is 1.59 bits per heavy atom. The molecule has 2 unspecified atom stereocenters. The van der Waals surface area contributed by atoms with Crippen molar-refractivity contribution in [2.75, 3.05) is 6.61 Å². The molecule has 17 heavy (non-hydrogen) atoms. The molecule has 6 heteroatoms. The van der Waals surface area contributed by atoms with E-state index in [0.29, 0.717) is 19.4 Å². The fourth-order valence-electron chi connectivity index (χ4n) is 1.72. The van der Waals surface area contributed by atoms with E-state index in [1.54, 1.807) is 13.8 Å². The Morgan fingerprint density at radius 2 is 2.29 bits per heavy atom. The van der Waals surface area contributed by atoms with Gasteiger partial charge >= 0.3 is 5.97 Å². The van der Waals surface area contributed by atoms with Gasteiger partial charge in [-0.1, -0.05) is 0 Å². The molecule has 1 heterocycles. The lowest BCUT2D eigenvalue weighted by molar-refractivity contribution is -0.144. The first-order chi connectivity index (χ1) is 8.02. The summed E-state index contributed by atoms with van der Waals surface area (Å²) in [6.07, 6.45) is 1.01. The number of esters is 1. The standard InChI is InChI=1S/C11H18N2O4/c1-3-17-10(15)6-7(2)12-8-4-5-9(14)13-11(8)16/h7-8,12H,3-6H2,1-2H3,(H,13,14,16). The summed E-state index contributed by atoms with van der Waals surface area (Å²) in [5, 5.41) is 5.27. The van der Waals surface area contributed by atoms with Crippen LogP contribution in [0.2, 0.25) is 0 Å². The maximum atomic E-state index is 11.4. The average molecular weight is 242 g/mol. The van der Waals surface area contributed by atoms with E-state index in [1.807, 2.05) is 0 Å². The molecule has 0 bridgehead atoms. The van der Waals surface area contributed by atoms with E-state index in [2.05, 4.69) is 10.6 Å². The largest absolute Gasteiger partial charge is 0.466 e. The molecule has 2 N–H and O–H groups in total. The van der Waals surface area contributed by atoms with Gasteiger partial charge in [-0.3, -0.25) is 19.7 Å². The molecule has 1 fully saturated rings. The van der Waals surface area contributed by atoms with Crippen LogP contribution in [0.4, 0.5) is 0 Å². The molecule has 1 rings (SSSR count). The molecular weight excluding hydrogens is 224 g/mol. The number of carbonyl (C=O) groups excluding carboxylic acids is 3. The van der Waals surface area contributed by atoms with Gasteiger partial charge in [0.05, 0.1) is 19.1 Å². The molecule has 96 valence electrons. The highest BCUT2D eigenvalue weighted by molar-refractivity contribution is 6.00. The molecule has 1 aliphatic rings. The second-order valence-electron chi connectivity index (χ2n) is 4.08. The van der Waals surface area contributed by atoms with E-state index in [0.717, 1.165) is 0 Å². The van der Waals surface area contributed by atoms with Crippen LogP contribution in [0.1, 0.15) is 33.1 Å². The van der Waals surface area contributed by atoms with Crippen molar-refractivity contribution in [3.05, 3.63) is 0 Å². The maximum Gasteiger partial charge on any atom is 0.307 e. The van der Waals surface area contributed by atoms with Crippen molar-refractivity contribution in [3.63, 3.8) is 0 Å². The van der Waals surface area contributed by atoms with Crippen molar-refractivity contribution < 1.29 is 19.1 Å². The van der Waals surface area contributed by atoms with Gasteiger partial charge in [-0.15, -0.1) is 0 Å². The lowest BCUT2D eigenvalue weighted by atomic mass is 10.0. The van der Waals surface area contributed by atoms with E-state index in [-0.39, 0.29) is 30.2 Å². The van der Waals surface area contributed by atoms with Gasteiger partial charge in [0.1, 0.15) is 0 Å². The number of hydrogen-bond donors (Lipinski definition) is 2. The second kappa shape index (κ2) is 6.34. The van der Waals surface area contributed by atoms with Crippen LogP contribution in [0, 0.1) is 0 Å². The predicted molar refractivity (Wildman–Crippen MR) is 60.0 cm³/mol. The highest BCUT2D eigenvalue weighted by Gasteiger charge is 2.27. The van der Waals surface area contributed by atoms with E-state index in [1.165, 1.54) is 0 Å². The van der Waals surface area contributed by atoms with E-state index in [4.69, 9.17) is 4.74 Å². The Kier molecular flexibility index (Phi) is 5.09. The first-order valence-electron chi connectivity index (χ1n) is 5.78. The predicted octanol–water partition coefficient (Wildman–Crippen LogP) is -0.277. The van der Waals surface area contributed by atoms with Crippen LogP contribution in [0.5, 0.6) is 0 Å². The molecule has 0 spiro atoms. The Labute approximate surface area is 100 Å². The molecule has 0 saturated carbocycles. The molecule has 2 amide bonds. The van der Waals surface area contributed by atoms with Gasteiger partial charge in [0.15, 0.2) is 0 Å². The Morgan fingerprint density at radius 3 is 2.88 bits per heavy atom. The smallest absolute Gasteiger partial charge is 0.307 e. The van der Waals surface area contributed by atoms with Gasteiger partial charge in [-0.25, -0.2) is 0 Å². The Bertz CT molecular complexity index is 317. The first kappa shape index (κ1) is 13.6. The minimum absolute atomic E-state index is 0.155. The van der Waals surface area contributed by atoms with Crippen LogP contribution in [0.3, 0.4) is 0 Å². The normalized spacial score (nSPS) is 21.9. The molecule has 0 aromatic heterocycles. The van der Waals surface area contributed by atoms with E-state index in [9.17, 15) is 14.4 Å². The third-order valence-corrected chi connectivity index (χ3v) is 2.50. The molecular formula is C11H18N2O4. The van der Waals surface area contributed by atoms with E-state index >= 15 is 0 Å². The van der Waals surface area contributed by atoms with Crippen LogP contribution in [-0.2, 0) is 19.1 Å². The van der Waals surface area contributed by atoms with Crippen molar-refractivity contribution in [1.29, 1.82) is 0 Å². The number of hydrogen-bond acceptors (Lipinski definition) is 5. The molecule has 0 aliphatic carbocycles. The summed E-state index contributed by atoms with van der Waals surface area (Å²) in [6.45, 7) is 3.90. The fraction of sp³-hybridized carbons (Fsp3) is 0.727. The van der Waals surface area contributed by atoms with Gasteiger partial charge in [-0.05, 0) is 20.3 Å². The molecule has 2 atom stereocenters. The summed E-state index contributed by atoms with van der Waals surface area (Å²) in [4.78, 5) is 33.6. The quantitative estimate of drug-likeness (QED) is 0.512. The summed E-state index contributed by atoms with van der Waals surface area (Å²) >= 11 is 0. The monoisotopic (exact) mass is 242 g/mol. The molecule has 0 aromatic rings. The van der Waals surface area contributed by atoms with Crippen LogP contribution in [0.25, 0.3) is 0 Å². The molecule has 1 saturated heterocycles. The minimum Gasteiger partial charge on any atom is -0.466 e. The zero-order valence-corrected chi connectivity index (χ0v) is 10.1. The fourth-order valence-corrected chi connectivity index (χ4v) is 1.72. The number of rotatable bonds is 5. The SMILES string of the molecule is CCOC(=O)CC(C)NC1CCC(=O)NC1=O. The number of ether oxygens (including phenoxy) is 1. The van der Waals surface area contributed by atoms with Crippen molar-refractivity contribution >= 4 is 17.8 Å². The summed E-state index contributed by atoms with van der Waals surface area (Å²) < 4.78 is 4.81. The minimum atomic E-state index is -0.405. The van der Waals surface area contributed by atoms with Gasteiger partial charge in [0.2, 0.25) is 11.8 Å². The molecule has 1 aliphatic heterocycles. The molecule has 6 nitrogen and oxygen atoms in total. The van der Waals surface area contributed by atoms with Crippen LogP contribution in [-0.4, -0.2) is 36.5 Å². The summed E-state index contributed by atoms with van der Waals surface area (Å²) in [7, 11) is 0. The number of amides is 2. The van der Waals surface area contributed by atoms with Gasteiger partial charge < -0.3 is 10.1 Å². The van der Waals surface area contributed by atoms with Crippen molar-refractivity contribution in [3.8, 4) is 0 Å². The lowest BCUT2D eigenvalue weighted by Crippen LogP contribution is -2.53. The third kappa shape index (κ3) is 4.52. The zero-order valence-electron chi connectivity index (χ0n) is 10.1. The van der Waals surface area contributed by atoms with Gasteiger partial charge in [0.25, 0.3) is 0 Å². The highest BCUT2D eigenvalue weighted by atomic mass is 16.5.